The molecule has 1 saturated heterocycles. The molecule has 34 heavy (non-hydrogen) atoms. The molecule has 4 rings (SSSR count). The van der Waals surface area contributed by atoms with Gasteiger partial charge in [-0.3, -0.25) is 14.3 Å². The molecule has 1 aliphatic heterocycles. The minimum absolute atomic E-state index is 0.0753. The van der Waals surface area contributed by atoms with E-state index in [1.165, 1.54) is 24.3 Å². The highest BCUT2D eigenvalue weighted by Gasteiger charge is 2.35. The van der Waals surface area contributed by atoms with Gasteiger partial charge in [-0.05, 0) is 55.5 Å². The van der Waals surface area contributed by atoms with E-state index >= 15 is 0 Å². The second-order valence-electron chi connectivity index (χ2n) is 8.09. The highest BCUT2D eigenvalue weighted by molar-refractivity contribution is 7.92. The zero-order valence-electron chi connectivity index (χ0n) is 18.8. The summed E-state index contributed by atoms with van der Waals surface area (Å²) in [4.78, 5) is 26.9. The van der Waals surface area contributed by atoms with Crippen LogP contribution in [-0.2, 0) is 19.6 Å². The lowest BCUT2D eigenvalue weighted by Crippen LogP contribution is -2.28. The van der Waals surface area contributed by atoms with Crippen LogP contribution in [0.25, 0.3) is 0 Å². The van der Waals surface area contributed by atoms with Crippen LogP contribution in [0.15, 0.2) is 77.7 Å². The van der Waals surface area contributed by atoms with Crippen LogP contribution in [0.3, 0.4) is 0 Å². The van der Waals surface area contributed by atoms with Gasteiger partial charge in [0.05, 0.1) is 17.9 Å². The molecule has 1 atom stereocenters. The Morgan fingerprint density at radius 1 is 1.00 bits per heavy atom. The molecule has 8 nitrogen and oxygen atoms in total. The predicted molar refractivity (Wildman–Crippen MR) is 131 cm³/mol. The molecule has 0 saturated carbocycles. The van der Waals surface area contributed by atoms with E-state index in [-0.39, 0.29) is 29.7 Å². The molecule has 0 radical (unpaired) electrons. The quantitative estimate of drug-likeness (QED) is 0.536. The van der Waals surface area contributed by atoms with E-state index in [1.54, 1.807) is 48.4 Å². The fourth-order valence-corrected chi connectivity index (χ4v) is 4.77. The molecule has 0 aliphatic carbocycles. The van der Waals surface area contributed by atoms with Crippen molar-refractivity contribution >= 4 is 38.9 Å². The standard InChI is InChI=1S/C25H25N3O5S/c1-17-6-8-20(9-7-17)27-34(31,32)23-12-10-19(11-13-23)26-25(30)18-14-24(29)28(16-18)21-4-3-5-22(15-21)33-2/h3-13,15,18,27H,14,16H2,1-2H3,(H,26,30)/t18-/m1/s1. The first-order chi connectivity index (χ1) is 16.2. The Labute approximate surface area is 198 Å². The Balaban J connectivity index is 1.40. The molecule has 3 aromatic rings. The van der Waals surface area contributed by atoms with Crippen molar-refractivity contribution in [2.75, 3.05) is 28.6 Å². The average Bonchev–Trinajstić information content (AvgIpc) is 3.22. The summed E-state index contributed by atoms with van der Waals surface area (Å²) in [5.74, 6) is -0.334. The van der Waals surface area contributed by atoms with Gasteiger partial charge in [-0.1, -0.05) is 23.8 Å². The summed E-state index contributed by atoms with van der Waals surface area (Å²) in [7, 11) is -2.21. The summed E-state index contributed by atoms with van der Waals surface area (Å²) in [6.07, 6.45) is 0.0932. The number of nitrogens with zero attached hydrogens (tertiary/aromatic N) is 1. The first-order valence-electron chi connectivity index (χ1n) is 10.7. The lowest BCUT2D eigenvalue weighted by Gasteiger charge is -2.17. The number of benzene rings is 3. The normalized spacial score (nSPS) is 15.8. The van der Waals surface area contributed by atoms with Crippen LogP contribution >= 0.6 is 0 Å². The zero-order chi connectivity index (χ0) is 24.3. The monoisotopic (exact) mass is 479 g/mol. The smallest absolute Gasteiger partial charge is 0.261 e. The summed E-state index contributed by atoms with van der Waals surface area (Å²) in [5.41, 5.74) is 2.62. The Hall–Kier alpha value is -3.85. The summed E-state index contributed by atoms with van der Waals surface area (Å²) in [6.45, 7) is 2.17. The van der Waals surface area contributed by atoms with Gasteiger partial charge >= 0.3 is 0 Å². The van der Waals surface area contributed by atoms with Crippen LogP contribution in [-0.4, -0.2) is 33.9 Å². The first kappa shape index (κ1) is 23.3. The number of nitrogens with one attached hydrogen (secondary N) is 2. The van der Waals surface area contributed by atoms with Crippen molar-refractivity contribution in [1.82, 2.24) is 0 Å². The second kappa shape index (κ2) is 9.56. The molecule has 0 unspecified atom stereocenters. The molecule has 1 fully saturated rings. The van der Waals surface area contributed by atoms with Crippen molar-refractivity contribution in [3.63, 3.8) is 0 Å². The topological polar surface area (TPSA) is 105 Å². The van der Waals surface area contributed by atoms with Crippen molar-refractivity contribution in [2.24, 2.45) is 5.92 Å². The fourth-order valence-electron chi connectivity index (χ4n) is 3.71. The van der Waals surface area contributed by atoms with Crippen LogP contribution in [0.4, 0.5) is 17.1 Å². The fraction of sp³-hybridized carbons (Fsp3) is 0.200. The molecule has 0 bridgehead atoms. The number of methoxy groups -OCH3 is 1. The third-order valence-electron chi connectivity index (χ3n) is 5.60. The summed E-state index contributed by atoms with van der Waals surface area (Å²) in [6, 6.07) is 20.1. The lowest BCUT2D eigenvalue weighted by molar-refractivity contribution is -0.122. The van der Waals surface area contributed by atoms with E-state index in [1.807, 2.05) is 19.1 Å². The van der Waals surface area contributed by atoms with E-state index < -0.39 is 15.9 Å². The Morgan fingerprint density at radius 3 is 2.35 bits per heavy atom. The number of sulfonamides is 1. The summed E-state index contributed by atoms with van der Waals surface area (Å²) >= 11 is 0. The average molecular weight is 480 g/mol. The Kier molecular flexibility index (Phi) is 6.56. The minimum Gasteiger partial charge on any atom is -0.497 e. The molecule has 3 aromatic carbocycles. The van der Waals surface area contributed by atoms with Gasteiger partial charge in [-0.15, -0.1) is 0 Å². The third-order valence-corrected chi connectivity index (χ3v) is 6.99. The number of hydrogen-bond donors (Lipinski definition) is 2. The molecule has 0 spiro atoms. The van der Waals surface area contributed by atoms with Crippen molar-refractivity contribution in [2.45, 2.75) is 18.2 Å². The SMILES string of the molecule is COc1cccc(N2C[C@H](C(=O)Nc3ccc(S(=O)(=O)Nc4ccc(C)cc4)cc3)CC2=O)c1. The Bertz CT molecular complexity index is 1310. The predicted octanol–water partition coefficient (Wildman–Crippen LogP) is 3.80. The highest BCUT2D eigenvalue weighted by Crippen LogP contribution is 2.29. The van der Waals surface area contributed by atoms with Gasteiger partial charge in [0.2, 0.25) is 11.8 Å². The molecular weight excluding hydrogens is 454 g/mol. The summed E-state index contributed by atoms with van der Waals surface area (Å²) in [5, 5.41) is 2.78. The molecule has 1 heterocycles. The molecule has 2 N–H and O–H groups in total. The maximum Gasteiger partial charge on any atom is 0.261 e. The van der Waals surface area contributed by atoms with Crippen molar-refractivity contribution in [3.8, 4) is 5.75 Å². The number of carbonyl (C=O) groups is 2. The molecular formula is C25H25N3O5S. The lowest BCUT2D eigenvalue weighted by atomic mass is 10.1. The van der Waals surface area contributed by atoms with Gasteiger partial charge < -0.3 is 15.0 Å². The number of amides is 2. The van der Waals surface area contributed by atoms with Crippen LogP contribution in [0.1, 0.15) is 12.0 Å². The van der Waals surface area contributed by atoms with E-state index in [9.17, 15) is 18.0 Å². The van der Waals surface area contributed by atoms with Crippen LogP contribution < -0.4 is 19.7 Å². The number of aryl methyl sites for hydroxylation is 1. The number of hydrogen-bond acceptors (Lipinski definition) is 5. The minimum atomic E-state index is -3.76. The molecule has 176 valence electrons. The van der Waals surface area contributed by atoms with Gasteiger partial charge in [-0.2, -0.15) is 0 Å². The van der Waals surface area contributed by atoms with Gasteiger partial charge in [0.1, 0.15) is 5.75 Å². The van der Waals surface area contributed by atoms with Gasteiger partial charge in [0, 0.05) is 36.1 Å². The first-order valence-corrected chi connectivity index (χ1v) is 12.2. The molecule has 0 aromatic heterocycles. The van der Waals surface area contributed by atoms with E-state index in [2.05, 4.69) is 10.0 Å². The molecule has 9 heteroatoms. The second-order valence-corrected chi connectivity index (χ2v) is 9.77. The van der Waals surface area contributed by atoms with Crippen LogP contribution in [0.5, 0.6) is 5.75 Å². The zero-order valence-corrected chi connectivity index (χ0v) is 19.6. The summed E-state index contributed by atoms with van der Waals surface area (Å²) < 4.78 is 33.0. The van der Waals surface area contributed by atoms with Crippen LogP contribution in [0, 0.1) is 12.8 Å². The van der Waals surface area contributed by atoms with Crippen molar-refractivity contribution < 1.29 is 22.7 Å². The van der Waals surface area contributed by atoms with Gasteiger partial charge in [0.15, 0.2) is 0 Å². The van der Waals surface area contributed by atoms with E-state index in [0.29, 0.717) is 22.8 Å². The Morgan fingerprint density at radius 2 is 1.68 bits per heavy atom. The number of rotatable bonds is 7. The van der Waals surface area contributed by atoms with E-state index in [4.69, 9.17) is 4.74 Å². The largest absolute Gasteiger partial charge is 0.497 e. The van der Waals surface area contributed by atoms with Crippen LogP contribution in [0.2, 0.25) is 0 Å². The van der Waals surface area contributed by atoms with Gasteiger partial charge in [-0.25, -0.2) is 8.42 Å². The number of carbonyl (C=O) groups excluding carboxylic acids is 2. The van der Waals surface area contributed by atoms with Crippen molar-refractivity contribution in [3.05, 3.63) is 78.4 Å². The number of anilines is 3. The maximum atomic E-state index is 12.8. The van der Waals surface area contributed by atoms with Gasteiger partial charge in [0.25, 0.3) is 10.0 Å². The van der Waals surface area contributed by atoms with Crippen molar-refractivity contribution in [1.29, 1.82) is 0 Å². The number of ether oxygens (including phenoxy) is 1. The molecule has 1 aliphatic rings. The van der Waals surface area contributed by atoms with E-state index in [0.717, 1.165) is 5.56 Å². The third kappa shape index (κ3) is 5.20. The molecule has 2 amide bonds. The maximum absolute atomic E-state index is 12.8. The highest BCUT2D eigenvalue weighted by atomic mass is 32.2.